The van der Waals surface area contributed by atoms with Crippen molar-refractivity contribution in [1.82, 2.24) is 0 Å². The molecule has 1 unspecified atom stereocenters. The van der Waals surface area contributed by atoms with Crippen LogP contribution in [-0.4, -0.2) is 17.7 Å². The summed E-state index contributed by atoms with van der Waals surface area (Å²) >= 11 is 0. The number of carbonyl (C=O) groups is 2. The number of hydrogen-bond acceptors (Lipinski definition) is 3. The zero-order chi connectivity index (χ0) is 9.56. The second-order valence-corrected chi connectivity index (χ2v) is 2.79. The number of ketones is 1. The van der Waals surface area contributed by atoms with E-state index in [1.54, 1.807) is 0 Å². The summed E-state index contributed by atoms with van der Waals surface area (Å²) < 4.78 is 0. The van der Waals surface area contributed by atoms with Gasteiger partial charge in [0.1, 0.15) is 5.78 Å². The summed E-state index contributed by atoms with van der Waals surface area (Å²) in [6, 6.07) is -0.602. The third kappa shape index (κ3) is 4.85. The summed E-state index contributed by atoms with van der Waals surface area (Å²) in [4.78, 5) is 21.3. The molecule has 0 fully saturated rings. The fourth-order valence-corrected chi connectivity index (χ4v) is 0.838. The van der Waals surface area contributed by atoms with Crippen molar-refractivity contribution >= 4 is 11.7 Å². The van der Waals surface area contributed by atoms with Crippen LogP contribution in [0.1, 0.15) is 32.6 Å². The number of amides is 1. The second kappa shape index (κ2) is 5.71. The van der Waals surface area contributed by atoms with Crippen molar-refractivity contribution < 1.29 is 9.59 Å². The van der Waals surface area contributed by atoms with Crippen molar-refractivity contribution in [3.8, 4) is 0 Å². The lowest BCUT2D eigenvalue weighted by Gasteiger charge is -2.05. The Morgan fingerprint density at radius 2 is 2.00 bits per heavy atom. The molecule has 0 aliphatic heterocycles. The molecule has 0 aliphatic carbocycles. The van der Waals surface area contributed by atoms with Crippen LogP contribution in [0.5, 0.6) is 0 Å². The van der Waals surface area contributed by atoms with Crippen molar-refractivity contribution in [1.29, 1.82) is 0 Å². The Morgan fingerprint density at radius 3 is 2.42 bits per heavy atom. The summed E-state index contributed by atoms with van der Waals surface area (Å²) in [5.41, 5.74) is 10.3. The minimum atomic E-state index is -0.602. The third-order valence-corrected chi connectivity index (χ3v) is 1.73. The highest BCUT2D eigenvalue weighted by Crippen LogP contribution is 2.01. The zero-order valence-electron chi connectivity index (χ0n) is 7.38. The molecular weight excluding hydrogens is 156 g/mol. The topological polar surface area (TPSA) is 86.2 Å². The predicted molar refractivity (Wildman–Crippen MR) is 46.3 cm³/mol. The van der Waals surface area contributed by atoms with E-state index in [4.69, 9.17) is 11.5 Å². The monoisotopic (exact) mass is 172 g/mol. The van der Waals surface area contributed by atoms with Crippen LogP contribution in [0.4, 0.5) is 0 Å². The normalized spacial score (nSPS) is 12.5. The van der Waals surface area contributed by atoms with E-state index in [0.717, 1.165) is 0 Å². The van der Waals surface area contributed by atoms with Crippen molar-refractivity contribution in [3.05, 3.63) is 0 Å². The molecule has 4 nitrogen and oxygen atoms in total. The Morgan fingerprint density at radius 1 is 1.42 bits per heavy atom. The van der Waals surface area contributed by atoms with Gasteiger partial charge in [0.05, 0.1) is 6.04 Å². The first-order valence-electron chi connectivity index (χ1n) is 4.14. The molecule has 0 aromatic rings. The first-order chi connectivity index (χ1) is 5.57. The van der Waals surface area contributed by atoms with Crippen LogP contribution in [0.25, 0.3) is 0 Å². The quantitative estimate of drug-likeness (QED) is 0.589. The van der Waals surface area contributed by atoms with Gasteiger partial charge >= 0.3 is 0 Å². The summed E-state index contributed by atoms with van der Waals surface area (Å²) in [6.45, 7) is 1.82. The molecule has 0 aromatic carbocycles. The van der Waals surface area contributed by atoms with Gasteiger partial charge in [-0.2, -0.15) is 0 Å². The summed E-state index contributed by atoms with van der Waals surface area (Å²) in [7, 11) is 0. The molecule has 12 heavy (non-hydrogen) atoms. The van der Waals surface area contributed by atoms with E-state index in [1.807, 2.05) is 6.92 Å². The van der Waals surface area contributed by atoms with Crippen LogP contribution in [0, 0.1) is 0 Å². The molecule has 4 N–H and O–H groups in total. The molecule has 0 rings (SSSR count). The molecule has 1 atom stereocenters. The highest BCUT2D eigenvalue weighted by atomic mass is 16.1. The van der Waals surface area contributed by atoms with E-state index < -0.39 is 11.9 Å². The molecule has 0 saturated heterocycles. The number of nitrogens with two attached hydrogens (primary N) is 2. The van der Waals surface area contributed by atoms with Crippen LogP contribution in [0.2, 0.25) is 0 Å². The highest BCUT2D eigenvalue weighted by molar-refractivity contribution is 5.80. The minimum Gasteiger partial charge on any atom is -0.368 e. The van der Waals surface area contributed by atoms with Crippen LogP contribution < -0.4 is 11.5 Å². The maximum absolute atomic E-state index is 10.8. The number of hydrogen-bond donors (Lipinski definition) is 2. The SMILES string of the molecule is CCC(=O)CCCC(N)C(N)=O. The van der Waals surface area contributed by atoms with Gasteiger partial charge in [-0.25, -0.2) is 0 Å². The average Bonchev–Trinajstić information content (AvgIpc) is 2.03. The standard InChI is InChI=1S/C8H16N2O2/c1-2-6(11)4-3-5-7(9)8(10)12/h7H,2-5,9H2,1H3,(H2,10,12). The average molecular weight is 172 g/mol. The van der Waals surface area contributed by atoms with Gasteiger partial charge in [0.2, 0.25) is 5.91 Å². The predicted octanol–water partition coefficient (Wildman–Crippen LogP) is -0.0516. The van der Waals surface area contributed by atoms with Crippen molar-refractivity contribution in [2.45, 2.75) is 38.6 Å². The molecule has 0 radical (unpaired) electrons. The van der Waals surface area contributed by atoms with Crippen molar-refractivity contribution in [2.24, 2.45) is 11.5 Å². The Labute approximate surface area is 72.3 Å². The second-order valence-electron chi connectivity index (χ2n) is 2.79. The fraction of sp³-hybridized carbons (Fsp3) is 0.750. The highest BCUT2D eigenvalue weighted by Gasteiger charge is 2.08. The van der Waals surface area contributed by atoms with Crippen molar-refractivity contribution in [2.75, 3.05) is 0 Å². The van der Waals surface area contributed by atoms with Gasteiger partial charge in [-0.3, -0.25) is 9.59 Å². The van der Waals surface area contributed by atoms with Gasteiger partial charge in [-0.05, 0) is 12.8 Å². The number of primary amides is 1. The van der Waals surface area contributed by atoms with E-state index in [-0.39, 0.29) is 5.78 Å². The molecule has 0 aliphatic rings. The number of Topliss-reactive ketones (excluding diaryl/α,β-unsaturated/α-hetero) is 1. The minimum absolute atomic E-state index is 0.201. The van der Waals surface area contributed by atoms with Gasteiger partial charge in [0.15, 0.2) is 0 Å². The van der Waals surface area contributed by atoms with E-state index in [1.165, 1.54) is 0 Å². The van der Waals surface area contributed by atoms with Gasteiger partial charge in [0, 0.05) is 12.8 Å². The number of carbonyl (C=O) groups excluding carboxylic acids is 2. The largest absolute Gasteiger partial charge is 0.368 e. The van der Waals surface area contributed by atoms with Gasteiger partial charge in [-0.15, -0.1) is 0 Å². The molecule has 1 amide bonds. The zero-order valence-corrected chi connectivity index (χ0v) is 7.38. The molecule has 0 bridgehead atoms. The van der Waals surface area contributed by atoms with E-state index in [0.29, 0.717) is 25.7 Å². The fourth-order valence-electron chi connectivity index (χ4n) is 0.838. The Bertz CT molecular complexity index is 168. The first-order valence-corrected chi connectivity index (χ1v) is 4.14. The Kier molecular flexibility index (Phi) is 5.28. The first kappa shape index (κ1) is 11.1. The summed E-state index contributed by atoms with van der Waals surface area (Å²) in [6.07, 6.45) is 2.20. The lowest BCUT2D eigenvalue weighted by atomic mass is 10.1. The third-order valence-electron chi connectivity index (χ3n) is 1.73. The molecule has 4 heteroatoms. The van der Waals surface area contributed by atoms with Crippen LogP contribution in [0.3, 0.4) is 0 Å². The molecule has 0 heterocycles. The van der Waals surface area contributed by atoms with Gasteiger partial charge < -0.3 is 11.5 Å². The lowest BCUT2D eigenvalue weighted by Crippen LogP contribution is -2.36. The van der Waals surface area contributed by atoms with Crippen LogP contribution >= 0.6 is 0 Å². The summed E-state index contributed by atoms with van der Waals surface area (Å²) in [5, 5.41) is 0. The number of rotatable bonds is 6. The van der Waals surface area contributed by atoms with E-state index in [9.17, 15) is 9.59 Å². The molecule has 0 saturated carbocycles. The van der Waals surface area contributed by atoms with Crippen LogP contribution in [0.15, 0.2) is 0 Å². The van der Waals surface area contributed by atoms with Crippen molar-refractivity contribution in [3.63, 3.8) is 0 Å². The maximum Gasteiger partial charge on any atom is 0.234 e. The van der Waals surface area contributed by atoms with E-state index in [2.05, 4.69) is 0 Å². The lowest BCUT2D eigenvalue weighted by molar-refractivity contribution is -0.121. The Balaban J connectivity index is 3.43. The summed E-state index contributed by atoms with van der Waals surface area (Å²) in [5.74, 6) is -0.300. The smallest absolute Gasteiger partial charge is 0.234 e. The molecule has 0 spiro atoms. The molecule has 0 aromatic heterocycles. The Hall–Kier alpha value is -0.900. The molecule has 70 valence electrons. The van der Waals surface area contributed by atoms with E-state index >= 15 is 0 Å². The maximum atomic E-state index is 10.8. The van der Waals surface area contributed by atoms with Crippen LogP contribution in [-0.2, 0) is 9.59 Å². The van der Waals surface area contributed by atoms with Gasteiger partial charge in [-0.1, -0.05) is 6.92 Å². The van der Waals surface area contributed by atoms with Gasteiger partial charge in [0.25, 0.3) is 0 Å². The molecular formula is C8H16N2O2.